The van der Waals surface area contributed by atoms with Crippen molar-refractivity contribution in [3.63, 3.8) is 0 Å². The van der Waals surface area contributed by atoms with Crippen molar-refractivity contribution in [2.45, 2.75) is 18.7 Å². The largest absolute Gasteiger partial charge is 0.475 e. The molecular weight excluding hydrogens is 274 g/mol. The van der Waals surface area contributed by atoms with Gasteiger partial charge in [0.05, 0.1) is 0 Å². The lowest BCUT2D eigenvalue weighted by molar-refractivity contribution is 0.0665. The van der Waals surface area contributed by atoms with Gasteiger partial charge in [-0.1, -0.05) is 13.0 Å². The number of hydrogen-bond donors (Lipinski definition) is 1. The van der Waals surface area contributed by atoms with E-state index in [0.29, 0.717) is 10.8 Å². The Morgan fingerprint density at radius 1 is 1.50 bits per heavy atom. The molecule has 1 aromatic carbocycles. The topological polar surface area (TPSA) is 53.7 Å². The van der Waals surface area contributed by atoms with Gasteiger partial charge in [0.2, 0.25) is 5.76 Å². The van der Waals surface area contributed by atoms with E-state index in [1.54, 1.807) is 6.07 Å². The van der Waals surface area contributed by atoms with E-state index in [1.807, 2.05) is 30.0 Å². The molecule has 4 nitrogen and oxygen atoms in total. The third-order valence-corrected chi connectivity index (χ3v) is 4.66. The van der Waals surface area contributed by atoms with Crippen LogP contribution in [0.5, 0.6) is 0 Å². The Morgan fingerprint density at radius 3 is 3.10 bits per heavy atom. The van der Waals surface area contributed by atoms with Gasteiger partial charge < -0.3 is 9.52 Å². The second-order valence-electron chi connectivity index (χ2n) is 5.20. The molecule has 0 bridgehead atoms. The number of benzene rings is 1. The number of fused-ring (bicyclic) bond motifs is 1. The zero-order valence-electron chi connectivity index (χ0n) is 11.3. The van der Waals surface area contributed by atoms with Crippen LogP contribution in [0.25, 0.3) is 11.0 Å². The van der Waals surface area contributed by atoms with Crippen LogP contribution in [0.15, 0.2) is 28.7 Å². The summed E-state index contributed by atoms with van der Waals surface area (Å²) in [7, 11) is 0. The standard InChI is InChI=1S/C15H17NO3S/c1-10-8-16(4-5-20-10)9-11-2-3-13-12(6-11)7-14(19-13)15(17)18/h2-3,6-7,10H,4-5,8-9H2,1H3,(H,17,18). The van der Waals surface area contributed by atoms with Crippen LogP contribution in [-0.4, -0.2) is 40.1 Å². The number of carboxylic acids is 1. The number of hydrogen-bond acceptors (Lipinski definition) is 4. The average Bonchev–Trinajstić information content (AvgIpc) is 2.82. The predicted molar refractivity (Wildman–Crippen MR) is 80.4 cm³/mol. The number of rotatable bonds is 3. The van der Waals surface area contributed by atoms with Gasteiger partial charge >= 0.3 is 5.97 Å². The van der Waals surface area contributed by atoms with Gasteiger partial charge in [-0.15, -0.1) is 0 Å². The highest BCUT2D eigenvalue weighted by Gasteiger charge is 2.17. The van der Waals surface area contributed by atoms with Crippen molar-refractivity contribution < 1.29 is 14.3 Å². The van der Waals surface area contributed by atoms with Crippen LogP contribution in [0.1, 0.15) is 23.0 Å². The van der Waals surface area contributed by atoms with Gasteiger partial charge in [0.1, 0.15) is 5.58 Å². The molecule has 0 radical (unpaired) electrons. The Morgan fingerprint density at radius 2 is 2.35 bits per heavy atom. The van der Waals surface area contributed by atoms with E-state index in [2.05, 4.69) is 11.8 Å². The molecule has 1 fully saturated rings. The van der Waals surface area contributed by atoms with Gasteiger partial charge in [-0.2, -0.15) is 11.8 Å². The number of furan rings is 1. The van der Waals surface area contributed by atoms with E-state index < -0.39 is 5.97 Å². The maximum Gasteiger partial charge on any atom is 0.371 e. The monoisotopic (exact) mass is 291 g/mol. The molecule has 106 valence electrons. The molecule has 0 spiro atoms. The summed E-state index contributed by atoms with van der Waals surface area (Å²) in [4.78, 5) is 13.3. The Hall–Kier alpha value is -1.46. The number of thioether (sulfide) groups is 1. The summed E-state index contributed by atoms with van der Waals surface area (Å²) in [5, 5.41) is 10.5. The van der Waals surface area contributed by atoms with Crippen molar-refractivity contribution in [3.05, 3.63) is 35.6 Å². The summed E-state index contributed by atoms with van der Waals surface area (Å²) >= 11 is 2.02. The summed E-state index contributed by atoms with van der Waals surface area (Å²) in [6.45, 7) is 5.39. The van der Waals surface area contributed by atoms with Gasteiger partial charge in [0, 0.05) is 36.0 Å². The smallest absolute Gasteiger partial charge is 0.371 e. The first-order valence-corrected chi connectivity index (χ1v) is 7.76. The van der Waals surface area contributed by atoms with E-state index in [1.165, 1.54) is 11.3 Å². The van der Waals surface area contributed by atoms with E-state index in [9.17, 15) is 4.79 Å². The first-order chi connectivity index (χ1) is 9.61. The van der Waals surface area contributed by atoms with Gasteiger partial charge in [-0.05, 0) is 23.8 Å². The zero-order valence-corrected chi connectivity index (χ0v) is 12.2. The van der Waals surface area contributed by atoms with Crippen molar-refractivity contribution in [3.8, 4) is 0 Å². The van der Waals surface area contributed by atoms with Crippen LogP contribution in [0, 0.1) is 0 Å². The van der Waals surface area contributed by atoms with Gasteiger partial charge in [-0.3, -0.25) is 4.90 Å². The van der Waals surface area contributed by atoms with Crippen molar-refractivity contribution >= 4 is 28.7 Å². The lowest BCUT2D eigenvalue weighted by Gasteiger charge is -2.30. The maximum absolute atomic E-state index is 10.9. The minimum absolute atomic E-state index is 0.000134. The number of carboxylic acid groups (broad SMARTS) is 1. The fraction of sp³-hybridized carbons (Fsp3) is 0.400. The minimum atomic E-state index is -1.02. The molecule has 0 saturated carbocycles. The molecule has 2 aromatic rings. The first kappa shape index (κ1) is 13.5. The molecule has 1 saturated heterocycles. The summed E-state index contributed by atoms with van der Waals surface area (Å²) in [6, 6.07) is 7.50. The van der Waals surface area contributed by atoms with Crippen LogP contribution >= 0.6 is 11.8 Å². The molecule has 5 heteroatoms. The maximum atomic E-state index is 10.9. The lowest BCUT2D eigenvalue weighted by Crippen LogP contribution is -2.35. The SMILES string of the molecule is CC1CN(Cc2ccc3oc(C(=O)O)cc3c2)CCS1. The Bertz CT molecular complexity index is 637. The van der Waals surface area contributed by atoms with E-state index in [-0.39, 0.29) is 5.76 Å². The molecule has 20 heavy (non-hydrogen) atoms. The second-order valence-corrected chi connectivity index (χ2v) is 6.75. The third kappa shape index (κ3) is 2.83. The summed E-state index contributed by atoms with van der Waals surface area (Å²) in [5.41, 5.74) is 1.84. The third-order valence-electron chi connectivity index (χ3n) is 3.52. The van der Waals surface area contributed by atoms with E-state index >= 15 is 0 Å². The highest BCUT2D eigenvalue weighted by atomic mass is 32.2. The van der Waals surface area contributed by atoms with Crippen molar-refractivity contribution in [2.24, 2.45) is 0 Å². The predicted octanol–water partition coefficient (Wildman–Crippen LogP) is 3.07. The van der Waals surface area contributed by atoms with Crippen LogP contribution in [0.3, 0.4) is 0 Å². The fourth-order valence-corrected chi connectivity index (χ4v) is 3.67. The Kier molecular flexibility index (Phi) is 3.72. The average molecular weight is 291 g/mol. The van der Waals surface area contributed by atoms with Crippen molar-refractivity contribution in [2.75, 3.05) is 18.8 Å². The van der Waals surface area contributed by atoms with Crippen LogP contribution in [0.2, 0.25) is 0 Å². The fourth-order valence-electron chi connectivity index (χ4n) is 2.59. The summed E-state index contributed by atoms with van der Waals surface area (Å²) in [6.07, 6.45) is 0. The summed E-state index contributed by atoms with van der Waals surface area (Å²) in [5.74, 6) is 0.155. The number of nitrogens with zero attached hydrogens (tertiary/aromatic N) is 1. The molecule has 1 aliphatic rings. The lowest BCUT2D eigenvalue weighted by atomic mass is 10.1. The number of carbonyl (C=O) groups is 1. The van der Waals surface area contributed by atoms with Gasteiger partial charge in [-0.25, -0.2) is 4.79 Å². The van der Waals surface area contributed by atoms with Gasteiger partial charge in [0.15, 0.2) is 0 Å². The molecule has 3 rings (SSSR count). The second kappa shape index (κ2) is 5.50. The molecule has 0 aliphatic carbocycles. The molecule has 1 aromatic heterocycles. The highest BCUT2D eigenvalue weighted by molar-refractivity contribution is 7.99. The zero-order chi connectivity index (χ0) is 14.1. The molecule has 1 unspecified atom stereocenters. The Labute approximate surface area is 121 Å². The number of aromatic carboxylic acids is 1. The molecular formula is C15H17NO3S. The normalized spacial score (nSPS) is 20.4. The van der Waals surface area contributed by atoms with E-state index in [0.717, 1.165) is 25.0 Å². The van der Waals surface area contributed by atoms with Crippen molar-refractivity contribution in [1.29, 1.82) is 0 Å². The molecule has 1 N–H and O–H groups in total. The van der Waals surface area contributed by atoms with Gasteiger partial charge in [0.25, 0.3) is 0 Å². The van der Waals surface area contributed by atoms with Crippen LogP contribution in [-0.2, 0) is 6.54 Å². The molecule has 2 heterocycles. The highest BCUT2D eigenvalue weighted by Crippen LogP contribution is 2.23. The minimum Gasteiger partial charge on any atom is -0.475 e. The van der Waals surface area contributed by atoms with E-state index in [4.69, 9.17) is 9.52 Å². The van der Waals surface area contributed by atoms with Crippen LogP contribution in [0.4, 0.5) is 0 Å². The summed E-state index contributed by atoms with van der Waals surface area (Å²) < 4.78 is 5.28. The van der Waals surface area contributed by atoms with Crippen molar-refractivity contribution in [1.82, 2.24) is 4.90 Å². The van der Waals surface area contributed by atoms with Crippen LogP contribution < -0.4 is 0 Å². The molecule has 1 atom stereocenters. The Balaban J connectivity index is 1.79. The molecule has 1 aliphatic heterocycles. The molecule has 0 amide bonds. The first-order valence-electron chi connectivity index (χ1n) is 6.71. The quantitative estimate of drug-likeness (QED) is 0.942.